The molecule has 1 fully saturated rings. The summed E-state index contributed by atoms with van der Waals surface area (Å²) in [7, 11) is 0. The SMILES string of the molecule is CCCn1ncc(Cl)c1C(O)CC1CCCC1. The van der Waals surface area contributed by atoms with Gasteiger partial charge >= 0.3 is 0 Å². The van der Waals surface area contributed by atoms with Crippen molar-refractivity contribution < 1.29 is 5.11 Å². The Hall–Kier alpha value is -0.540. The molecule has 2 rings (SSSR count). The van der Waals surface area contributed by atoms with Gasteiger partial charge in [0.25, 0.3) is 0 Å². The van der Waals surface area contributed by atoms with Gasteiger partial charge in [-0.15, -0.1) is 0 Å². The predicted octanol–water partition coefficient (Wildman–Crippen LogP) is 3.56. The highest BCUT2D eigenvalue weighted by Gasteiger charge is 2.23. The van der Waals surface area contributed by atoms with E-state index in [0.717, 1.165) is 25.1 Å². The molecule has 0 aromatic carbocycles. The van der Waals surface area contributed by atoms with Crippen LogP contribution in [0.3, 0.4) is 0 Å². The first-order valence-corrected chi connectivity index (χ1v) is 6.99. The molecule has 0 radical (unpaired) electrons. The molecule has 3 nitrogen and oxygen atoms in total. The van der Waals surface area contributed by atoms with Gasteiger partial charge < -0.3 is 5.11 Å². The third kappa shape index (κ3) is 3.02. The van der Waals surface area contributed by atoms with Crippen molar-refractivity contribution in [3.63, 3.8) is 0 Å². The lowest BCUT2D eigenvalue weighted by atomic mass is 9.98. The Morgan fingerprint density at radius 3 is 2.88 bits per heavy atom. The van der Waals surface area contributed by atoms with Crippen LogP contribution in [0.1, 0.15) is 57.2 Å². The van der Waals surface area contributed by atoms with Crippen LogP contribution < -0.4 is 0 Å². The standard InChI is InChI=1S/C13H21ClN2O/c1-2-7-16-13(11(14)9-15-16)12(17)8-10-5-3-4-6-10/h9-10,12,17H,2-8H2,1H3. The maximum absolute atomic E-state index is 10.3. The number of aryl methyl sites for hydroxylation is 1. The smallest absolute Gasteiger partial charge is 0.0974 e. The molecule has 1 saturated carbocycles. The summed E-state index contributed by atoms with van der Waals surface area (Å²) in [6.07, 6.45) is 8.12. The zero-order chi connectivity index (χ0) is 12.3. The average molecular weight is 257 g/mol. The summed E-state index contributed by atoms with van der Waals surface area (Å²) < 4.78 is 1.85. The first kappa shape index (κ1) is 12.9. The summed E-state index contributed by atoms with van der Waals surface area (Å²) in [6, 6.07) is 0. The van der Waals surface area contributed by atoms with Gasteiger partial charge in [0.05, 0.1) is 23.0 Å². The van der Waals surface area contributed by atoms with Crippen molar-refractivity contribution in [2.75, 3.05) is 0 Å². The van der Waals surface area contributed by atoms with Crippen LogP contribution in [-0.2, 0) is 6.54 Å². The van der Waals surface area contributed by atoms with Gasteiger partial charge in [-0.2, -0.15) is 5.10 Å². The monoisotopic (exact) mass is 256 g/mol. The molecule has 0 spiro atoms. The Morgan fingerprint density at radius 1 is 1.53 bits per heavy atom. The van der Waals surface area contributed by atoms with E-state index in [1.807, 2.05) is 4.68 Å². The number of aliphatic hydroxyl groups is 1. The lowest BCUT2D eigenvalue weighted by Gasteiger charge is -2.17. The zero-order valence-electron chi connectivity index (χ0n) is 10.4. The van der Waals surface area contributed by atoms with Crippen molar-refractivity contribution in [2.24, 2.45) is 5.92 Å². The van der Waals surface area contributed by atoms with Gasteiger partial charge in [-0.3, -0.25) is 4.68 Å². The Balaban J connectivity index is 2.05. The molecule has 1 unspecified atom stereocenters. The molecule has 1 aromatic heterocycles. The summed E-state index contributed by atoms with van der Waals surface area (Å²) in [5, 5.41) is 15.1. The summed E-state index contributed by atoms with van der Waals surface area (Å²) in [5.41, 5.74) is 0.806. The number of aliphatic hydroxyl groups excluding tert-OH is 1. The Bertz CT molecular complexity index is 358. The normalized spacial score (nSPS) is 18.8. The molecule has 1 aromatic rings. The molecule has 17 heavy (non-hydrogen) atoms. The van der Waals surface area contributed by atoms with Gasteiger partial charge in [0.2, 0.25) is 0 Å². The first-order chi connectivity index (χ1) is 8.22. The topological polar surface area (TPSA) is 38.0 Å². The fourth-order valence-electron chi connectivity index (χ4n) is 2.77. The van der Waals surface area contributed by atoms with E-state index >= 15 is 0 Å². The Morgan fingerprint density at radius 2 is 2.24 bits per heavy atom. The number of hydrogen-bond donors (Lipinski definition) is 1. The predicted molar refractivity (Wildman–Crippen MR) is 69.1 cm³/mol. The molecule has 1 atom stereocenters. The van der Waals surface area contributed by atoms with E-state index < -0.39 is 6.10 Å². The lowest BCUT2D eigenvalue weighted by molar-refractivity contribution is 0.135. The molecule has 0 saturated heterocycles. The van der Waals surface area contributed by atoms with E-state index in [1.54, 1.807) is 6.20 Å². The minimum Gasteiger partial charge on any atom is -0.387 e. The van der Waals surface area contributed by atoms with E-state index in [9.17, 15) is 5.11 Å². The fraction of sp³-hybridized carbons (Fsp3) is 0.769. The highest BCUT2D eigenvalue weighted by molar-refractivity contribution is 6.31. The number of hydrogen-bond acceptors (Lipinski definition) is 2. The van der Waals surface area contributed by atoms with Gasteiger partial charge in [0.15, 0.2) is 0 Å². The van der Waals surface area contributed by atoms with Crippen molar-refractivity contribution in [1.29, 1.82) is 0 Å². The van der Waals surface area contributed by atoms with Crippen LogP contribution in [0.4, 0.5) is 0 Å². The average Bonchev–Trinajstić information content (AvgIpc) is 2.89. The molecule has 96 valence electrons. The van der Waals surface area contributed by atoms with Gasteiger partial charge in [0.1, 0.15) is 0 Å². The lowest BCUT2D eigenvalue weighted by Crippen LogP contribution is -2.12. The van der Waals surface area contributed by atoms with E-state index in [1.165, 1.54) is 25.7 Å². The second-order valence-corrected chi connectivity index (χ2v) is 5.41. The largest absolute Gasteiger partial charge is 0.387 e. The number of aromatic nitrogens is 2. The Labute approximate surface area is 108 Å². The van der Waals surface area contributed by atoms with Crippen LogP contribution >= 0.6 is 11.6 Å². The van der Waals surface area contributed by atoms with E-state index in [2.05, 4.69) is 12.0 Å². The van der Waals surface area contributed by atoms with Crippen LogP contribution in [0.15, 0.2) is 6.20 Å². The first-order valence-electron chi connectivity index (χ1n) is 6.61. The van der Waals surface area contributed by atoms with Crippen molar-refractivity contribution in [3.8, 4) is 0 Å². The van der Waals surface area contributed by atoms with E-state index in [4.69, 9.17) is 11.6 Å². The molecule has 4 heteroatoms. The van der Waals surface area contributed by atoms with Crippen LogP contribution in [0.5, 0.6) is 0 Å². The molecule has 0 aliphatic heterocycles. The third-order valence-electron chi connectivity index (χ3n) is 3.62. The zero-order valence-corrected chi connectivity index (χ0v) is 11.2. The minimum absolute atomic E-state index is 0.459. The maximum atomic E-state index is 10.3. The van der Waals surface area contributed by atoms with Crippen LogP contribution in [0, 0.1) is 5.92 Å². The molecule has 1 aliphatic rings. The van der Waals surface area contributed by atoms with Crippen molar-refractivity contribution in [1.82, 2.24) is 9.78 Å². The van der Waals surface area contributed by atoms with E-state index in [0.29, 0.717) is 10.9 Å². The van der Waals surface area contributed by atoms with Crippen LogP contribution in [0.2, 0.25) is 5.02 Å². The summed E-state index contributed by atoms with van der Waals surface area (Å²) in [5.74, 6) is 0.658. The minimum atomic E-state index is -0.459. The van der Waals surface area contributed by atoms with Crippen molar-refractivity contribution >= 4 is 11.6 Å². The third-order valence-corrected chi connectivity index (χ3v) is 3.91. The molecule has 0 amide bonds. The molecular weight excluding hydrogens is 236 g/mol. The fourth-order valence-corrected chi connectivity index (χ4v) is 3.03. The van der Waals surface area contributed by atoms with Gasteiger partial charge in [0, 0.05) is 6.54 Å². The van der Waals surface area contributed by atoms with Gasteiger partial charge in [-0.25, -0.2) is 0 Å². The second-order valence-electron chi connectivity index (χ2n) is 5.00. The number of nitrogens with zero attached hydrogens (tertiary/aromatic N) is 2. The maximum Gasteiger partial charge on any atom is 0.0974 e. The summed E-state index contributed by atoms with van der Waals surface area (Å²) in [6.45, 7) is 2.92. The van der Waals surface area contributed by atoms with Crippen molar-refractivity contribution in [3.05, 3.63) is 16.9 Å². The van der Waals surface area contributed by atoms with Crippen LogP contribution in [0.25, 0.3) is 0 Å². The Kier molecular flexibility index (Phi) is 4.46. The number of halogens is 1. The van der Waals surface area contributed by atoms with Gasteiger partial charge in [-0.05, 0) is 18.8 Å². The summed E-state index contributed by atoms with van der Waals surface area (Å²) in [4.78, 5) is 0. The molecule has 1 aliphatic carbocycles. The van der Waals surface area contributed by atoms with Crippen molar-refractivity contribution in [2.45, 2.75) is 58.1 Å². The molecular formula is C13H21ClN2O. The summed E-state index contributed by atoms with van der Waals surface area (Å²) >= 11 is 6.12. The van der Waals surface area contributed by atoms with E-state index in [-0.39, 0.29) is 0 Å². The van der Waals surface area contributed by atoms with Crippen LogP contribution in [-0.4, -0.2) is 14.9 Å². The molecule has 0 bridgehead atoms. The highest BCUT2D eigenvalue weighted by Crippen LogP contribution is 2.34. The molecule has 1 heterocycles. The second kappa shape index (κ2) is 5.87. The van der Waals surface area contributed by atoms with Gasteiger partial charge in [-0.1, -0.05) is 44.2 Å². The molecule has 1 N–H and O–H groups in total. The number of rotatable bonds is 5. The quantitative estimate of drug-likeness (QED) is 0.875. The highest BCUT2D eigenvalue weighted by atomic mass is 35.5.